The van der Waals surface area contributed by atoms with Crippen LogP contribution in [0, 0.1) is 22.7 Å². The molecule has 240 valence electrons. The van der Waals surface area contributed by atoms with Crippen LogP contribution in [-0.2, 0) is 32.1 Å². The number of aliphatic hydroxyl groups excluding tert-OH is 3. The van der Waals surface area contributed by atoms with Crippen molar-refractivity contribution in [2.45, 2.75) is 82.1 Å². The first-order valence-electron chi connectivity index (χ1n) is 15.3. The third-order valence-corrected chi connectivity index (χ3v) is 11.6. The van der Waals surface area contributed by atoms with E-state index in [1.54, 1.807) is 25.1 Å². The Morgan fingerprint density at radius 2 is 1.91 bits per heavy atom. The van der Waals surface area contributed by atoms with E-state index in [0.717, 1.165) is 17.2 Å². The van der Waals surface area contributed by atoms with Gasteiger partial charge in [-0.15, -0.1) is 0 Å². The maximum Gasteiger partial charge on any atom is 0.218 e. The number of ketones is 2. The Kier molecular flexibility index (Phi) is 6.86. The number of allylic oxidation sites excluding steroid dienone is 4. The Hall–Kier alpha value is -3.22. The molecule has 0 radical (unpaired) electrons. The SMILES string of the molecule is C[C@]12C=CC(=O)C=C1[C@@H](F)C[C@H]1[C@@H]3C[C@H]4O[C@@H](c5cc(Cc6ccc(CO)c(N)c6)co5)O[C@@]4(C(=O)CO)[C@@]3(C)C[C@H](O)[C@@]12F. The molecule has 2 aromatic rings. The number of nitrogen functional groups attached to an aromatic ring is 1. The molecule has 0 amide bonds. The minimum atomic E-state index is -2.32. The Balaban J connectivity index is 1.20. The number of benzene rings is 1. The number of ether oxygens (including phenoxy) is 2. The lowest BCUT2D eigenvalue weighted by Crippen LogP contribution is -2.70. The summed E-state index contributed by atoms with van der Waals surface area (Å²) in [6.45, 7) is 2.21. The highest BCUT2D eigenvalue weighted by molar-refractivity contribution is 6.01. The highest BCUT2D eigenvalue weighted by Gasteiger charge is 2.80. The van der Waals surface area contributed by atoms with Gasteiger partial charge in [-0.1, -0.05) is 25.1 Å². The van der Waals surface area contributed by atoms with Gasteiger partial charge in [-0.2, -0.15) is 0 Å². The van der Waals surface area contributed by atoms with E-state index in [2.05, 4.69) is 0 Å². The molecule has 1 aromatic carbocycles. The second-order valence-corrected chi connectivity index (χ2v) is 13.7. The largest absolute Gasteiger partial charge is 0.464 e. The molecule has 1 aliphatic heterocycles. The molecule has 45 heavy (non-hydrogen) atoms. The summed E-state index contributed by atoms with van der Waals surface area (Å²) < 4.78 is 51.9. The van der Waals surface area contributed by atoms with Crippen LogP contribution in [0.25, 0.3) is 0 Å². The molecule has 5 aliphatic rings. The minimum absolute atomic E-state index is 0.0176. The summed E-state index contributed by atoms with van der Waals surface area (Å²) in [5.41, 5.74) is 1.94. The van der Waals surface area contributed by atoms with E-state index in [9.17, 15) is 24.9 Å². The first-order valence-corrected chi connectivity index (χ1v) is 15.3. The van der Waals surface area contributed by atoms with Gasteiger partial charge in [0.25, 0.3) is 0 Å². The van der Waals surface area contributed by atoms with E-state index in [1.165, 1.54) is 25.3 Å². The van der Waals surface area contributed by atoms with Crippen molar-refractivity contribution in [2.24, 2.45) is 22.7 Å². The van der Waals surface area contributed by atoms with Crippen molar-refractivity contribution >= 4 is 17.3 Å². The number of furan rings is 1. The van der Waals surface area contributed by atoms with Crippen molar-refractivity contribution in [3.63, 3.8) is 0 Å². The van der Waals surface area contributed by atoms with Gasteiger partial charge in [0.1, 0.15) is 12.8 Å². The zero-order chi connectivity index (χ0) is 32.1. The zero-order valence-electron chi connectivity index (χ0n) is 25.0. The maximum atomic E-state index is 17.5. The normalized spacial score (nSPS) is 41.7. The number of hydrogen-bond donors (Lipinski definition) is 4. The van der Waals surface area contributed by atoms with Crippen LogP contribution >= 0.6 is 0 Å². The number of alkyl halides is 2. The van der Waals surface area contributed by atoms with Crippen molar-refractivity contribution < 1.29 is 47.6 Å². The predicted octanol–water partition coefficient (Wildman–Crippen LogP) is 3.59. The molecule has 11 heteroatoms. The van der Waals surface area contributed by atoms with E-state index in [1.807, 2.05) is 6.07 Å². The van der Waals surface area contributed by atoms with Gasteiger partial charge in [0.05, 0.1) is 25.1 Å². The Labute approximate surface area is 258 Å². The van der Waals surface area contributed by atoms with Gasteiger partial charge < -0.3 is 34.9 Å². The summed E-state index contributed by atoms with van der Waals surface area (Å²) in [5, 5.41) is 31.2. The molecule has 0 unspecified atom stereocenters. The summed E-state index contributed by atoms with van der Waals surface area (Å²) in [7, 11) is 0. The fourth-order valence-corrected chi connectivity index (χ4v) is 9.44. The number of rotatable bonds is 6. The highest BCUT2D eigenvalue weighted by Crippen LogP contribution is 2.72. The monoisotopic (exact) mass is 625 g/mol. The third kappa shape index (κ3) is 3.94. The summed E-state index contributed by atoms with van der Waals surface area (Å²) in [5.74, 6) is -2.47. The number of aliphatic hydroxyl groups is 3. The molecular weight excluding hydrogens is 588 g/mol. The Morgan fingerprint density at radius 3 is 2.62 bits per heavy atom. The fourth-order valence-electron chi connectivity index (χ4n) is 9.44. The lowest BCUT2D eigenvalue weighted by molar-refractivity contribution is -0.236. The van der Waals surface area contributed by atoms with E-state index < -0.39 is 76.8 Å². The van der Waals surface area contributed by atoms with Gasteiger partial charge in [0.2, 0.25) is 6.29 Å². The number of hydrogen-bond acceptors (Lipinski definition) is 9. The molecule has 0 spiro atoms. The number of halogens is 2. The van der Waals surface area contributed by atoms with E-state index in [4.69, 9.17) is 19.6 Å². The Bertz CT molecular complexity index is 1640. The second kappa shape index (κ2) is 10.1. The molecule has 0 bridgehead atoms. The lowest BCUT2D eigenvalue weighted by Gasteiger charge is -2.63. The van der Waals surface area contributed by atoms with Crippen molar-refractivity contribution in [3.8, 4) is 0 Å². The molecule has 2 heterocycles. The number of carbonyl (C=O) groups is 2. The number of nitrogens with two attached hydrogens (primary N) is 1. The van der Waals surface area contributed by atoms with Gasteiger partial charge in [-0.3, -0.25) is 9.59 Å². The van der Waals surface area contributed by atoms with E-state index in [0.29, 0.717) is 23.4 Å². The standard InChI is InChI=1S/C34H37F2NO8/c1-31-6-5-20(40)10-23(31)24(35)11-22-21-12-29-34(28(42)15-39,32(21,2)13-27(41)33(22,31)36)45-30(44-29)26-9-18(16-43-26)7-17-3-4-19(14-38)25(37)8-17/h3-6,8-10,16,21-22,24,27,29-30,38-39,41H,7,11-15,37H2,1-2H3/t21-,22-,24-,27-,29+,30+,31-,32-,33-,34+/m0/s1. The first-order chi connectivity index (χ1) is 21.3. The molecule has 4 aliphatic carbocycles. The van der Waals surface area contributed by atoms with Crippen LogP contribution in [0.2, 0.25) is 0 Å². The maximum absolute atomic E-state index is 17.5. The van der Waals surface area contributed by atoms with Gasteiger partial charge in [-0.05, 0) is 73.1 Å². The minimum Gasteiger partial charge on any atom is -0.464 e. The van der Waals surface area contributed by atoms with Gasteiger partial charge in [0.15, 0.2) is 28.6 Å². The van der Waals surface area contributed by atoms with Crippen molar-refractivity contribution in [1.29, 1.82) is 0 Å². The van der Waals surface area contributed by atoms with Crippen LogP contribution in [0.1, 0.15) is 61.9 Å². The average Bonchev–Trinajstić information content (AvgIpc) is 3.68. The lowest BCUT2D eigenvalue weighted by atomic mass is 9.44. The fraction of sp³-hybridized carbons (Fsp3) is 0.529. The van der Waals surface area contributed by atoms with Crippen molar-refractivity contribution in [2.75, 3.05) is 12.3 Å². The molecule has 5 N–H and O–H groups in total. The number of fused-ring (bicyclic) bond motifs is 7. The molecule has 4 fully saturated rings. The average molecular weight is 626 g/mol. The number of Topliss-reactive ketones (excluding diaryl/α,β-unsaturated/α-hetero) is 1. The van der Waals surface area contributed by atoms with Crippen molar-refractivity contribution in [1.82, 2.24) is 0 Å². The third-order valence-electron chi connectivity index (χ3n) is 11.6. The molecule has 1 aromatic heterocycles. The van der Waals surface area contributed by atoms with Gasteiger partial charge in [0, 0.05) is 34.4 Å². The van der Waals surface area contributed by atoms with Crippen LogP contribution in [-0.4, -0.2) is 63.1 Å². The van der Waals surface area contributed by atoms with Crippen LogP contribution in [0.3, 0.4) is 0 Å². The number of carbonyl (C=O) groups excluding carboxylic acids is 2. The number of anilines is 1. The molecule has 9 nitrogen and oxygen atoms in total. The van der Waals surface area contributed by atoms with Crippen molar-refractivity contribution in [3.05, 3.63) is 76.8 Å². The molecule has 3 saturated carbocycles. The summed E-state index contributed by atoms with van der Waals surface area (Å²) in [6, 6.07) is 7.11. The highest BCUT2D eigenvalue weighted by atomic mass is 19.1. The van der Waals surface area contributed by atoms with Crippen LogP contribution in [0.4, 0.5) is 14.5 Å². The first kappa shape index (κ1) is 30.4. The molecule has 1 saturated heterocycles. The summed E-state index contributed by atoms with van der Waals surface area (Å²) in [6.07, 6.45) is 0.0770. The van der Waals surface area contributed by atoms with Gasteiger partial charge in [-0.25, -0.2) is 8.78 Å². The van der Waals surface area contributed by atoms with E-state index in [-0.39, 0.29) is 31.4 Å². The van der Waals surface area contributed by atoms with Gasteiger partial charge >= 0.3 is 0 Å². The smallest absolute Gasteiger partial charge is 0.218 e. The van der Waals surface area contributed by atoms with Crippen LogP contribution < -0.4 is 5.73 Å². The molecule has 7 rings (SSSR count). The molecule has 10 atom stereocenters. The van der Waals surface area contributed by atoms with E-state index >= 15 is 8.78 Å². The summed E-state index contributed by atoms with van der Waals surface area (Å²) in [4.78, 5) is 25.8. The quantitative estimate of drug-likeness (QED) is 0.353. The van der Waals surface area contributed by atoms with Crippen LogP contribution in [0.5, 0.6) is 0 Å². The predicted molar refractivity (Wildman–Crippen MR) is 156 cm³/mol. The second-order valence-electron chi connectivity index (χ2n) is 13.7. The summed E-state index contributed by atoms with van der Waals surface area (Å²) >= 11 is 0. The Morgan fingerprint density at radius 1 is 1.13 bits per heavy atom. The molecular formula is C34H37F2NO8. The topological polar surface area (TPSA) is 152 Å². The van der Waals surface area contributed by atoms with Crippen LogP contribution in [0.15, 0.2) is 58.7 Å². The zero-order valence-corrected chi connectivity index (χ0v) is 25.0.